The van der Waals surface area contributed by atoms with Gasteiger partial charge in [-0.1, -0.05) is 44.0 Å². The number of nitrogens with two attached hydrogens (primary N) is 1. The first-order valence-corrected chi connectivity index (χ1v) is 8.11. The van der Waals surface area contributed by atoms with Crippen molar-refractivity contribution in [3.05, 3.63) is 62.0 Å². The molecule has 0 bridgehead atoms. The highest BCUT2D eigenvalue weighted by molar-refractivity contribution is 9.10. The first-order valence-electron chi connectivity index (χ1n) is 6.52. The molecular formula is C16H15Br2NO. The van der Waals surface area contributed by atoms with Crippen LogP contribution in [0.2, 0.25) is 0 Å². The Balaban J connectivity index is 1.94. The van der Waals surface area contributed by atoms with Crippen LogP contribution >= 0.6 is 31.9 Å². The number of hydrogen-bond donors (Lipinski definition) is 1. The van der Waals surface area contributed by atoms with Gasteiger partial charge in [0.25, 0.3) is 0 Å². The van der Waals surface area contributed by atoms with Crippen molar-refractivity contribution < 1.29 is 4.74 Å². The van der Waals surface area contributed by atoms with Crippen LogP contribution in [0.3, 0.4) is 0 Å². The second-order valence-corrected chi connectivity index (χ2v) is 6.91. The Bertz CT molecular complexity index is 657. The maximum Gasteiger partial charge on any atom is 0.126 e. The Kier molecular flexibility index (Phi) is 3.89. The third-order valence-electron chi connectivity index (χ3n) is 3.68. The first-order chi connectivity index (χ1) is 9.54. The van der Waals surface area contributed by atoms with Gasteiger partial charge in [-0.15, -0.1) is 0 Å². The fraction of sp³-hybridized carbons (Fsp3) is 0.250. The van der Waals surface area contributed by atoms with Gasteiger partial charge in [-0.25, -0.2) is 0 Å². The van der Waals surface area contributed by atoms with Crippen LogP contribution in [0.4, 0.5) is 0 Å². The Labute approximate surface area is 135 Å². The van der Waals surface area contributed by atoms with Crippen LogP contribution in [-0.4, -0.2) is 0 Å². The van der Waals surface area contributed by atoms with Crippen LogP contribution in [0, 0.1) is 6.92 Å². The van der Waals surface area contributed by atoms with Crippen molar-refractivity contribution in [3.63, 3.8) is 0 Å². The molecule has 2 unspecified atom stereocenters. The molecule has 0 radical (unpaired) electrons. The van der Waals surface area contributed by atoms with Crippen LogP contribution in [0.1, 0.15) is 35.3 Å². The highest BCUT2D eigenvalue weighted by Crippen LogP contribution is 2.41. The van der Waals surface area contributed by atoms with E-state index in [4.69, 9.17) is 10.5 Å². The summed E-state index contributed by atoms with van der Waals surface area (Å²) in [5.41, 5.74) is 9.75. The van der Waals surface area contributed by atoms with Crippen LogP contribution in [0.5, 0.6) is 5.75 Å². The van der Waals surface area contributed by atoms with Gasteiger partial charge in [0, 0.05) is 27.0 Å². The molecular weight excluding hydrogens is 382 g/mol. The summed E-state index contributed by atoms with van der Waals surface area (Å²) >= 11 is 7.05. The van der Waals surface area contributed by atoms with Gasteiger partial charge in [-0.3, -0.25) is 0 Å². The summed E-state index contributed by atoms with van der Waals surface area (Å²) < 4.78 is 8.26. The van der Waals surface area contributed by atoms with Crippen molar-refractivity contribution in [2.24, 2.45) is 5.73 Å². The van der Waals surface area contributed by atoms with E-state index in [2.05, 4.69) is 57.0 Å². The minimum atomic E-state index is 0.00123. The van der Waals surface area contributed by atoms with E-state index in [9.17, 15) is 0 Å². The zero-order valence-corrected chi connectivity index (χ0v) is 14.2. The van der Waals surface area contributed by atoms with Gasteiger partial charge >= 0.3 is 0 Å². The van der Waals surface area contributed by atoms with E-state index >= 15 is 0 Å². The third-order valence-corrected chi connectivity index (χ3v) is 5.02. The molecule has 4 heteroatoms. The number of aryl methyl sites for hydroxylation is 1. The summed E-state index contributed by atoms with van der Waals surface area (Å²) in [6, 6.07) is 12.3. The molecule has 2 N–H and O–H groups in total. The fourth-order valence-electron chi connectivity index (χ4n) is 2.49. The van der Waals surface area contributed by atoms with E-state index in [-0.39, 0.29) is 12.1 Å². The van der Waals surface area contributed by atoms with Gasteiger partial charge in [0.05, 0.1) is 0 Å². The number of ether oxygens (including phenoxy) is 1. The van der Waals surface area contributed by atoms with Crippen LogP contribution in [0.15, 0.2) is 45.3 Å². The van der Waals surface area contributed by atoms with E-state index in [0.29, 0.717) is 0 Å². The third kappa shape index (κ3) is 2.65. The minimum Gasteiger partial charge on any atom is -0.485 e. The second-order valence-electron chi connectivity index (χ2n) is 5.14. The van der Waals surface area contributed by atoms with Crippen LogP contribution in [0.25, 0.3) is 0 Å². The number of benzene rings is 2. The fourth-order valence-corrected chi connectivity index (χ4v) is 3.26. The summed E-state index contributed by atoms with van der Waals surface area (Å²) in [6.07, 6.45) is 0.800. The quantitative estimate of drug-likeness (QED) is 0.732. The van der Waals surface area contributed by atoms with Gasteiger partial charge in [0.2, 0.25) is 0 Å². The molecule has 0 fully saturated rings. The predicted molar refractivity (Wildman–Crippen MR) is 87.9 cm³/mol. The molecule has 2 aromatic rings. The molecule has 0 saturated carbocycles. The second kappa shape index (κ2) is 5.51. The number of halogens is 2. The van der Waals surface area contributed by atoms with Crippen molar-refractivity contribution in [2.45, 2.75) is 25.5 Å². The van der Waals surface area contributed by atoms with E-state index in [1.165, 1.54) is 5.56 Å². The molecule has 2 atom stereocenters. The molecule has 3 rings (SSSR count). The zero-order chi connectivity index (χ0) is 14.3. The van der Waals surface area contributed by atoms with Crippen LogP contribution < -0.4 is 10.5 Å². The van der Waals surface area contributed by atoms with Crippen molar-refractivity contribution >= 4 is 31.9 Å². The number of hydrogen-bond acceptors (Lipinski definition) is 2. The Morgan fingerprint density at radius 2 is 1.95 bits per heavy atom. The lowest BCUT2D eigenvalue weighted by Gasteiger charge is -2.31. The van der Waals surface area contributed by atoms with Gasteiger partial charge in [-0.05, 0) is 42.3 Å². The predicted octanol–water partition coefficient (Wildman–Crippen LogP) is 5.04. The van der Waals surface area contributed by atoms with Crippen LogP contribution in [-0.2, 0) is 0 Å². The lowest BCUT2D eigenvalue weighted by atomic mass is 9.93. The average Bonchev–Trinajstić information content (AvgIpc) is 2.42. The molecule has 20 heavy (non-hydrogen) atoms. The van der Waals surface area contributed by atoms with Crippen molar-refractivity contribution in [2.75, 3.05) is 0 Å². The lowest BCUT2D eigenvalue weighted by Crippen LogP contribution is -2.24. The standard InChI is InChI=1S/C16H15Br2NO/c1-9-2-3-10(6-13(9)18)16-8-14(19)12-7-11(17)4-5-15(12)20-16/h2-7,14,16H,8,19H2,1H3. The maximum atomic E-state index is 6.30. The summed E-state index contributed by atoms with van der Waals surface area (Å²) in [6.45, 7) is 2.08. The summed E-state index contributed by atoms with van der Waals surface area (Å²) in [7, 11) is 0. The molecule has 0 aliphatic carbocycles. The molecule has 104 valence electrons. The SMILES string of the molecule is Cc1ccc(C2CC(N)c3cc(Br)ccc3O2)cc1Br. The van der Waals surface area contributed by atoms with Gasteiger partial charge in [0.15, 0.2) is 0 Å². The Hall–Kier alpha value is -0.840. The summed E-state index contributed by atoms with van der Waals surface area (Å²) in [5.74, 6) is 0.883. The molecule has 1 heterocycles. The van der Waals surface area contributed by atoms with Gasteiger partial charge < -0.3 is 10.5 Å². The monoisotopic (exact) mass is 395 g/mol. The zero-order valence-electron chi connectivity index (χ0n) is 11.1. The summed E-state index contributed by atoms with van der Waals surface area (Å²) in [5, 5.41) is 0. The first kappa shape index (κ1) is 14.1. The number of rotatable bonds is 1. The van der Waals surface area contributed by atoms with Crippen molar-refractivity contribution in [1.82, 2.24) is 0 Å². The molecule has 0 spiro atoms. The van der Waals surface area contributed by atoms with E-state index in [0.717, 1.165) is 32.2 Å². The molecule has 0 saturated heterocycles. The van der Waals surface area contributed by atoms with Crippen molar-refractivity contribution in [1.29, 1.82) is 0 Å². The Morgan fingerprint density at radius 1 is 1.15 bits per heavy atom. The topological polar surface area (TPSA) is 35.2 Å². The highest BCUT2D eigenvalue weighted by atomic mass is 79.9. The molecule has 1 aliphatic heterocycles. The van der Waals surface area contributed by atoms with Gasteiger partial charge in [-0.2, -0.15) is 0 Å². The maximum absolute atomic E-state index is 6.30. The molecule has 0 amide bonds. The smallest absolute Gasteiger partial charge is 0.126 e. The van der Waals surface area contributed by atoms with Gasteiger partial charge in [0.1, 0.15) is 11.9 Å². The van der Waals surface area contributed by atoms with Crippen molar-refractivity contribution in [3.8, 4) is 5.75 Å². The lowest BCUT2D eigenvalue weighted by molar-refractivity contribution is 0.161. The molecule has 2 nitrogen and oxygen atoms in total. The normalized spacial score (nSPS) is 21.2. The van der Waals surface area contributed by atoms with E-state index < -0.39 is 0 Å². The van der Waals surface area contributed by atoms with E-state index in [1.54, 1.807) is 0 Å². The van der Waals surface area contributed by atoms with E-state index in [1.807, 2.05) is 18.2 Å². The highest BCUT2D eigenvalue weighted by Gasteiger charge is 2.27. The summed E-state index contributed by atoms with van der Waals surface area (Å²) in [4.78, 5) is 0. The Morgan fingerprint density at radius 3 is 2.70 bits per heavy atom. The molecule has 2 aromatic carbocycles. The molecule has 1 aliphatic rings. The number of fused-ring (bicyclic) bond motifs is 1. The largest absolute Gasteiger partial charge is 0.485 e. The minimum absolute atomic E-state index is 0.00123. The average molecular weight is 397 g/mol. The molecule has 0 aromatic heterocycles.